The van der Waals surface area contributed by atoms with Crippen LogP contribution in [0.25, 0.3) is 0 Å². The number of halogens is 3. The van der Waals surface area contributed by atoms with Crippen LogP contribution in [-0.4, -0.2) is 29.2 Å². The summed E-state index contributed by atoms with van der Waals surface area (Å²) < 4.78 is 40.6. The third kappa shape index (κ3) is 4.54. The first-order valence-corrected chi connectivity index (χ1v) is 10.1. The quantitative estimate of drug-likeness (QED) is 0.552. The van der Waals surface area contributed by atoms with Gasteiger partial charge in [0.2, 0.25) is 0 Å². The highest BCUT2D eigenvalue weighted by Gasteiger charge is 2.28. The van der Waals surface area contributed by atoms with Crippen molar-refractivity contribution in [3.8, 4) is 0 Å². The van der Waals surface area contributed by atoms with Gasteiger partial charge in [0.15, 0.2) is 6.10 Å². The minimum Gasteiger partial charge on any atom is -0.390 e. The Morgan fingerprint density at radius 3 is 2.57 bits per heavy atom. The van der Waals surface area contributed by atoms with Crippen molar-refractivity contribution in [2.75, 3.05) is 6.54 Å². The highest BCUT2D eigenvalue weighted by molar-refractivity contribution is 7.12. The van der Waals surface area contributed by atoms with Gasteiger partial charge in [-0.05, 0) is 35.2 Å². The van der Waals surface area contributed by atoms with Crippen LogP contribution in [-0.2, 0) is 11.4 Å². The molecule has 0 bridgehead atoms. The van der Waals surface area contributed by atoms with E-state index < -0.39 is 17.7 Å². The Labute approximate surface area is 175 Å². The smallest absolute Gasteiger partial charge is 0.264 e. The van der Waals surface area contributed by atoms with E-state index in [1.54, 1.807) is 29.6 Å². The van der Waals surface area contributed by atoms with Gasteiger partial charge >= 0.3 is 0 Å². The zero-order valence-corrected chi connectivity index (χ0v) is 16.5. The van der Waals surface area contributed by atoms with Crippen molar-refractivity contribution in [1.82, 2.24) is 4.90 Å². The fourth-order valence-corrected chi connectivity index (χ4v) is 3.91. The fraction of sp³-hybridized carbons (Fsp3) is 0.182. The molecular formula is C22H17F3N2O2S. The van der Waals surface area contributed by atoms with Crippen LogP contribution in [0, 0.1) is 17.5 Å². The second kappa shape index (κ2) is 8.71. The Bertz CT molecular complexity index is 1070. The van der Waals surface area contributed by atoms with Crippen LogP contribution in [0.3, 0.4) is 0 Å². The van der Waals surface area contributed by atoms with Crippen LogP contribution in [0.1, 0.15) is 27.2 Å². The van der Waals surface area contributed by atoms with Gasteiger partial charge < -0.3 is 9.74 Å². The van der Waals surface area contributed by atoms with Gasteiger partial charge in [-0.15, -0.1) is 11.3 Å². The van der Waals surface area contributed by atoms with E-state index in [2.05, 4.69) is 5.16 Å². The number of carbonyl (C=O) groups is 1. The van der Waals surface area contributed by atoms with Gasteiger partial charge in [0, 0.05) is 24.6 Å². The Morgan fingerprint density at radius 2 is 1.87 bits per heavy atom. The molecule has 1 aliphatic heterocycles. The van der Waals surface area contributed by atoms with Crippen molar-refractivity contribution < 1.29 is 22.8 Å². The second-order valence-electron chi connectivity index (χ2n) is 6.88. The molecule has 30 heavy (non-hydrogen) atoms. The lowest BCUT2D eigenvalue weighted by Crippen LogP contribution is -2.37. The van der Waals surface area contributed by atoms with Crippen LogP contribution in [0.5, 0.6) is 0 Å². The number of benzene rings is 2. The topological polar surface area (TPSA) is 41.9 Å². The van der Waals surface area contributed by atoms with E-state index in [-0.39, 0.29) is 30.4 Å². The lowest BCUT2D eigenvalue weighted by atomic mass is 10.0. The molecule has 0 N–H and O–H groups in total. The van der Waals surface area contributed by atoms with Crippen LogP contribution in [0.4, 0.5) is 13.2 Å². The highest BCUT2D eigenvalue weighted by atomic mass is 32.1. The summed E-state index contributed by atoms with van der Waals surface area (Å²) >= 11 is 1.28. The molecule has 3 aromatic rings. The molecule has 1 amide bonds. The molecule has 8 heteroatoms. The first-order chi connectivity index (χ1) is 14.5. The Hall–Kier alpha value is -3.13. The van der Waals surface area contributed by atoms with E-state index in [1.165, 1.54) is 34.4 Å². The molecular weight excluding hydrogens is 413 g/mol. The summed E-state index contributed by atoms with van der Waals surface area (Å²) in [6.45, 7) is 0.135. The van der Waals surface area contributed by atoms with E-state index in [1.807, 2.05) is 0 Å². The summed E-state index contributed by atoms with van der Waals surface area (Å²) in [5, 5.41) is 5.85. The van der Waals surface area contributed by atoms with Crippen molar-refractivity contribution >= 4 is 23.0 Å². The number of thiophene rings is 1. The highest BCUT2D eigenvalue weighted by Crippen LogP contribution is 2.22. The largest absolute Gasteiger partial charge is 0.390 e. The number of oxime groups is 1. The Kier molecular flexibility index (Phi) is 5.85. The summed E-state index contributed by atoms with van der Waals surface area (Å²) in [5.74, 6) is -2.00. The second-order valence-corrected chi connectivity index (χ2v) is 7.82. The molecule has 2 heterocycles. The Morgan fingerprint density at radius 1 is 1.10 bits per heavy atom. The van der Waals surface area contributed by atoms with Crippen LogP contribution in [0.2, 0.25) is 0 Å². The molecule has 2 aromatic carbocycles. The molecule has 4 rings (SSSR count). The molecule has 0 spiro atoms. The monoisotopic (exact) mass is 430 g/mol. The molecule has 1 aromatic heterocycles. The van der Waals surface area contributed by atoms with Crippen LogP contribution in [0.15, 0.2) is 65.1 Å². The van der Waals surface area contributed by atoms with Gasteiger partial charge in [-0.1, -0.05) is 29.4 Å². The van der Waals surface area contributed by atoms with Crippen molar-refractivity contribution in [3.05, 3.63) is 93.4 Å². The minimum atomic E-state index is -0.713. The van der Waals surface area contributed by atoms with E-state index in [0.29, 0.717) is 17.0 Å². The predicted octanol–water partition coefficient (Wildman–Crippen LogP) is 5.00. The number of nitrogens with zero attached hydrogens (tertiary/aromatic N) is 2. The fourth-order valence-electron chi connectivity index (χ4n) is 3.22. The molecule has 1 atom stereocenters. The van der Waals surface area contributed by atoms with E-state index in [9.17, 15) is 18.0 Å². The molecule has 0 saturated heterocycles. The van der Waals surface area contributed by atoms with Gasteiger partial charge in [0.05, 0.1) is 17.1 Å². The third-order valence-electron chi connectivity index (χ3n) is 4.73. The zero-order chi connectivity index (χ0) is 21.1. The van der Waals surface area contributed by atoms with E-state index >= 15 is 0 Å². The van der Waals surface area contributed by atoms with Crippen molar-refractivity contribution in [2.45, 2.75) is 19.1 Å². The summed E-state index contributed by atoms with van der Waals surface area (Å²) in [6.07, 6.45) is -0.0105. The summed E-state index contributed by atoms with van der Waals surface area (Å²) in [6, 6.07) is 12.6. The van der Waals surface area contributed by atoms with Gasteiger partial charge in [-0.3, -0.25) is 4.79 Å². The molecule has 0 saturated carbocycles. The molecule has 154 valence electrons. The molecule has 0 fully saturated rings. The molecule has 0 aliphatic carbocycles. The SMILES string of the molecule is O=C(c1cccs1)N(Cc1ccc(F)cc1F)CC1CC(c2ccc(F)cc2)=NO1. The van der Waals surface area contributed by atoms with Crippen LogP contribution >= 0.6 is 11.3 Å². The average molecular weight is 430 g/mol. The number of rotatable bonds is 6. The number of carbonyl (C=O) groups excluding carboxylic acids is 1. The molecule has 1 unspecified atom stereocenters. The first-order valence-electron chi connectivity index (χ1n) is 9.25. The van der Waals surface area contributed by atoms with Crippen molar-refractivity contribution in [2.24, 2.45) is 5.16 Å². The van der Waals surface area contributed by atoms with Crippen LogP contribution < -0.4 is 0 Å². The maximum absolute atomic E-state index is 14.2. The normalized spacial score (nSPS) is 15.6. The molecule has 1 aliphatic rings. The predicted molar refractivity (Wildman–Crippen MR) is 108 cm³/mol. The maximum atomic E-state index is 14.2. The molecule has 0 radical (unpaired) electrons. The third-order valence-corrected chi connectivity index (χ3v) is 5.59. The van der Waals surface area contributed by atoms with Gasteiger partial charge in [-0.25, -0.2) is 13.2 Å². The van der Waals surface area contributed by atoms with Gasteiger partial charge in [0.1, 0.15) is 17.5 Å². The average Bonchev–Trinajstić information content (AvgIpc) is 3.42. The van der Waals surface area contributed by atoms with Crippen molar-refractivity contribution in [1.29, 1.82) is 0 Å². The molecule has 4 nitrogen and oxygen atoms in total. The van der Waals surface area contributed by atoms with E-state index in [0.717, 1.165) is 17.7 Å². The first kappa shape index (κ1) is 20.2. The number of hydrogen-bond donors (Lipinski definition) is 0. The Balaban J connectivity index is 1.50. The van der Waals surface area contributed by atoms with Gasteiger partial charge in [0.25, 0.3) is 5.91 Å². The van der Waals surface area contributed by atoms with E-state index in [4.69, 9.17) is 4.84 Å². The van der Waals surface area contributed by atoms with Crippen molar-refractivity contribution in [3.63, 3.8) is 0 Å². The number of hydrogen-bond acceptors (Lipinski definition) is 4. The maximum Gasteiger partial charge on any atom is 0.264 e. The van der Waals surface area contributed by atoms with Gasteiger partial charge in [-0.2, -0.15) is 0 Å². The standard InChI is InChI=1S/C22H17F3N2O2S/c23-16-6-3-14(4-7-16)20-11-18(29-26-20)13-27(22(28)21-2-1-9-30-21)12-15-5-8-17(24)10-19(15)25/h1-10,18H,11-13H2. The lowest BCUT2D eigenvalue weighted by molar-refractivity contribution is 0.0406. The zero-order valence-electron chi connectivity index (χ0n) is 15.7. The minimum absolute atomic E-state index is 0.0331. The summed E-state index contributed by atoms with van der Waals surface area (Å²) in [5.41, 5.74) is 1.59. The summed E-state index contributed by atoms with van der Waals surface area (Å²) in [4.78, 5) is 20.4. The number of amides is 1. The lowest BCUT2D eigenvalue weighted by Gasteiger charge is -2.24. The summed E-state index contributed by atoms with van der Waals surface area (Å²) in [7, 11) is 0.